The number of fused-ring (bicyclic) bond motifs is 1. The van der Waals surface area contributed by atoms with E-state index in [0.717, 1.165) is 17.7 Å². The SMILES string of the molecule is O=C(NCC(c1ccc2c(c1)OCO2)N1CCN(c2ccccc2F)CC1)c1c(F)cccc1F. The number of rotatable bonds is 6. The van der Waals surface area contributed by atoms with Gasteiger partial charge in [-0.05, 0) is 42.0 Å². The number of nitrogens with zero attached hydrogens (tertiary/aromatic N) is 2. The van der Waals surface area contributed by atoms with Crippen LogP contribution in [0.5, 0.6) is 11.5 Å². The van der Waals surface area contributed by atoms with Crippen molar-refractivity contribution < 1.29 is 27.4 Å². The molecular weight excluding hydrogens is 459 g/mol. The van der Waals surface area contributed by atoms with Gasteiger partial charge < -0.3 is 19.7 Å². The van der Waals surface area contributed by atoms with Gasteiger partial charge in [0.2, 0.25) is 6.79 Å². The number of amides is 1. The second-order valence-corrected chi connectivity index (χ2v) is 8.41. The number of para-hydroxylation sites is 1. The summed E-state index contributed by atoms with van der Waals surface area (Å²) in [5, 5.41) is 2.69. The maximum Gasteiger partial charge on any atom is 0.257 e. The van der Waals surface area contributed by atoms with E-state index in [1.165, 1.54) is 12.1 Å². The van der Waals surface area contributed by atoms with Crippen LogP contribution in [0.1, 0.15) is 22.0 Å². The molecule has 1 atom stereocenters. The van der Waals surface area contributed by atoms with Gasteiger partial charge in [0.15, 0.2) is 11.5 Å². The van der Waals surface area contributed by atoms with Crippen molar-refractivity contribution in [2.24, 2.45) is 0 Å². The Morgan fingerprint density at radius 2 is 1.54 bits per heavy atom. The molecule has 0 bridgehead atoms. The fourth-order valence-corrected chi connectivity index (χ4v) is 4.55. The van der Waals surface area contributed by atoms with Gasteiger partial charge in [0.25, 0.3) is 5.91 Å². The molecule has 9 heteroatoms. The van der Waals surface area contributed by atoms with E-state index in [9.17, 15) is 18.0 Å². The molecule has 0 saturated carbocycles. The molecule has 0 aliphatic carbocycles. The molecule has 0 radical (unpaired) electrons. The molecular formula is C26H24F3N3O3. The van der Waals surface area contributed by atoms with Crippen molar-refractivity contribution in [1.29, 1.82) is 0 Å². The van der Waals surface area contributed by atoms with Gasteiger partial charge in [-0.25, -0.2) is 13.2 Å². The Kier molecular flexibility index (Phi) is 6.50. The van der Waals surface area contributed by atoms with Crippen LogP contribution in [-0.4, -0.2) is 50.3 Å². The van der Waals surface area contributed by atoms with Crippen LogP contribution in [0.15, 0.2) is 60.7 Å². The number of hydrogen-bond donors (Lipinski definition) is 1. The molecule has 3 aromatic carbocycles. The number of ether oxygens (including phenoxy) is 2. The summed E-state index contributed by atoms with van der Waals surface area (Å²) in [7, 11) is 0. The van der Waals surface area contributed by atoms with E-state index in [4.69, 9.17) is 9.47 Å². The molecule has 1 N–H and O–H groups in total. The highest BCUT2D eigenvalue weighted by molar-refractivity contribution is 5.94. The highest BCUT2D eigenvalue weighted by atomic mass is 19.1. The van der Waals surface area contributed by atoms with Crippen LogP contribution in [0.3, 0.4) is 0 Å². The monoisotopic (exact) mass is 483 g/mol. The molecule has 1 amide bonds. The molecule has 1 fully saturated rings. The smallest absolute Gasteiger partial charge is 0.257 e. The predicted molar refractivity (Wildman–Crippen MR) is 124 cm³/mol. The average molecular weight is 483 g/mol. The lowest BCUT2D eigenvalue weighted by Crippen LogP contribution is -2.50. The third kappa shape index (κ3) is 4.77. The Morgan fingerprint density at radius 1 is 0.857 bits per heavy atom. The molecule has 2 heterocycles. The van der Waals surface area contributed by atoms with Crippen LogP contribution in [-0.2, 0) is 0 Å². The lowest BCUT2D eigenvalue weighted by Gasteiger charge is -2.40. The van der Waals surface area contributed by atoms with Crippen molar-refractivity contribution in [1.82, 2.24) is 10.2 Å². The van der Waals surface area contributed by atoms with Crippen LogP contribution < -0.4 is 19.7 Å². The quantitative estimate of drug-likeness (QED) is 0.572. The first-order chi connectivity index (χ1) is 17.0. The summed E-state index contributed by atoms with van der Waals surface area (Å²) in [6.07, 6.45) is 0. The maximum absolute atomic E-state index is 14.3. The zero-order valence-electron chi connectivity index (χ0n) is 18.8. The van der Waals surface area contributed by atoms with Gasteiger partial charge in [-0.2, -0.15) is 0 Å². The minimum absolute atomic E-state index is 0.117. The zero-order chi connectivity index (χ0) is 24.4. The van der Waals surface area contributed by atoms with Gasteiger partial charge in [0.05, 0.1) is 11.7 Å². The number of hydrogen-bond acceptors (Lipinski definition) is 5. The lowest BCUT2D eigenvalue weighted by molar-refractivity contribution is 0.0921. The summed E-state index contributed by atoms with van der Waals surface area (Å²) in [6.45, 7) is 2.60. The number of halogens is 3. The summed E-state index contributed by atoms with van der Waals surface area (Å²) in [5.41, 5.74) is 0.805. The fraction of sp³-hybridized carbons (Fsp3) is 0.269. The third-order valence-electron chi connectivity index (χ3n) is 6.38. The molecule has 35 heavy (non-hydrogen) atoms. The van der Waals surface area contributed by atoms with E-state index in [0.29, 0.717) is 43.4 Å². The van der Waals surface area contributed by atoms with Gasteiger partial charge in [-0.15, -0.1) is 0 Å². The van der Waals surface area contributed by atoms with Crippen molar-refractivity contribution in [2.75, 3.05) is 44.4 Å². The number of anilines is 1. The van der Waals surface area contributed by atoms with E-state index in [2.05, 4.69) is 10.2 Å². The van der Waals surface area contributed by atoms with E-state index in [-0.39, 0.29) is 25.2 Å². The number of nitrogens with one attached hydrogen (secondary N) is 1. The standard InChI is InChI=1S/C26H24F3N3O3/c27-18-4-1-2-7-21(18)31-10-12-32(13-11-31)22(17-8-9-23-24(14-17)35-16-34-23)15-30-26(33)25-19(28)5-3-6-20(25)29/h1-9,14,22H,10-13,15-16H2,(H,30,33). The van der Waals surface area contributed by atoms with E-state index >= 15 is 0 Å². The number of carbonyl (C=O) groups is 1. The molecule has 1 saturated heterocycles. The second-order valence-electron chi connectivity index (χ2n) is 8.41. The van der Waals surface area contributed by atoms with Crippen LogP contribution >= 0.6 is 0 Å². The van der Waals surface area contributed by atoms with Gasteiger partial charge in [-0.1, -0.05) is 24.3 Å². The van der Waals surface area contributed by atoms with Crippen molar-refractivity contribution in [2.45, 2.75) is 6.04 Å². The predicted octanol–water partition coefficient (Wildman–Crippen LogP) is 4.13. The third-order valence-corrected chi connectivity index (χ3v) is 6.38. The maximum atomic E-state index is 14.3. The molecule has 1 unspecified atom stereocenters. The topological polar surface area (TPSA) is 54.0 Å². The van der Waals surface area contributed by atoms with E-state index < -0.39 is 23.1 Å². The lowest BCUT2D eigenvalue weighted by atomic mass is 10.0. The van der Waals surface area contributed by atoms with Gasteiger partial charge in [-0.3, -0.25) is 9.69 Å². The second kappa shape index (κ2) is 9.87. The molecule has 5 rings (SSSR count). The molecule has 2 aliphatic rings. The van der Waals surface area contributed by atoms with Crippen molar-refractivity contribution in [3.05, 3.63) is 89.2 Å². The Morgan fingerprint density at radius 3 is 2.29 bits per heavy atom. The Labute approximate surface area is 200 Å². The summed E-state index contributed by atoms with van der Waals surface area (Å²) >= 11 is 0. The summed E-state index contributed by atoms with van der Waals surface area (Å²) in [4.78, 5) is 16.8. The highest BCUT2D eigenvalue weighted by Gasteiger charge is 2.29. The van der Waals surface area contributed by atoms with Gasteiger partial charge in [0, 0.05) is 32.7 Å². The van der Waals surface area contributed by atoms with E-state index in [1.54, 1.807) is 24.3 Å². The van der Waals surface area contributed by atoms with E-state index in [1.807, 2.05) is 17.0 Å². The minimum Gasteiger partial charge on any atom is -0.454 e. The summed E-state index contributed by atoms with van der Waals surface area (Å²) in [5.74, 6) is -1.69. The molecule has 3 aromatic rings. The zero-order valence-corrected chi connectivity index (χ0v) is 18.8. The summed E-state index contributed by atoms with van der Waals surface area (Å²) in [6, 6.07) is 15.2. The van der Waals surface area contributed by atoms with Crippen LogP contribution in [0.25, 0.3) is 0 Å². The van der Waals surface area contributed by atoms with Gasteiger partial charge in [0.1, 0.15) is 23.0 Å². The Hall–Kier alpha value is -3.72. The van der Waals surface area contributed by atoms with Crippen LogP contribution in [0, 0.1) is 17.5 Å². The first kappa shape index (κ1) is 23.0. The largest absolute Gasteiger partial charge is 0.454 e. The molecule has 2 aliphatic heterocycles. The van der Waals surface area contributed by atoms with Crippen molar-refractivity contribution in [3.63, 3.8) is 0 Å². The molecule has 0 aromatic heterocycles. The van der Waals surface area contributed by atoms with Gasteiger partial charge >= 0.3 is 0 Å². The first-order valence-electron chi connectivity index (χ1n) is 11.4. The molecule has 182 valence electrons. The van der Waals surface area contributed by atoms with Crippen molar-refractivity contribution in [3.8, 4) is 11.5 Å². The fourth-order valence-electron chi connectivity index (χ4n) is 4.55. The van der Waals surface area contributed by atoms with Crippen molar-refractivity contribution >= 4 is 11.6 Å². The Bertz CT molecular complexity index is 1210. The number of benzene rings is 3. The molecule has 6 nitrogen and oxygen atoms in total. The number of carbonyl (C=O) groups excluding carboxylic acids is 1. The van der Waals surface area contributed by atoms with Crippen LogP contribution in [0.4, 0.5) is 18.9 Å². The highest BCUT2D eigenvalue weighted by Crippen LogP contribution is 2.36. The summed E-state index contributed by atoms with van der Waals surface area (Å²) < 4.78 is 53.4. The first-order valence-corrected chi connectivity index (χ1v) is 11.4. The van der Waals surface area contributed by atoms with Crippen LogP contribution in [0.2, 0.25) is 0 Å². The average Bonchev–Trinajstić information content (AvgIpc) is 3.33. The Balaban J connectivity index is 1.35. The number of piperazine rings is 1. The molecule has 0 spiro atoms. The normalized spacial score (nSPS) is 16.3. The minimum atomic E-state index is -0.916.